The summed E-state index contributed by atoms with van der Waals surface area (Å²) in [6.07, 6.45) is 0. The number of nitrogens with zero attached hydrogens (tertiary/aromatic N) is 2. The van der Waals surface area contributed by atoms with E-state index in [9.17, 15) is 4.79 Å². The lowest BCUT2D eigenvalue weighted by atomic mass is 10.2. The number of anilines is 2. The van der Waals surface area contributed by atoms with Gasteiger partial charge in [-0.1, -0.05) is 30.0 Å². The first-order valence-corrected chi connectivity index (χ1v) is 9.62. The van der Waals surface area contributed by atoms with Crippen molar-refractivity contribution in [1.29, 1.82) is 0 Å². The van der Waals surface area contributed by atoms with E-state index in [1.807, 2.05) is 52.0 Å². The van der Waals surface area contributed by atoms with Crippen LogP contribution in [0.15, 0.2) is 29.4 Å². The first kappa shape index (κ1) is 17.7. The van der Waals surface area contributed by atoms with Gasteiger partial charge in [-0.15, -0.1) is 11.3 Å². The molecule has 25 heavy (non-hydrogen) atoms. The fraction of sp³-hybridized carbons (Fsp3) is 0.278. The van der Waals surface area contributed by atoms with Crippen molar-refractivity contribution in [1.82, 2.24) is 9.97 Å². The van der Waals surface area contributed by atoms with Crippen molar-refractivity contribution < 1.29 is 4.79 Å². The Hall–Kier alpha value is -2.12. The summed E-state index contributed by atoms with van der Waals surface area (Å²) < 4.78 is 0. The van der Waals surface area contributed by atoms with Crippen LogP contribution in [0.1, 0.15) is 22.9 Å². The van der Waals surface area contributed by atoms with Gasteiger partial charge in [0.25, 0.3) is 0 Å². The standard InChI is InChI=1S/C18H20N4OS2/c1-9-7-5-6-8-13(9)20-16(23)12(4)25-18-21-15(19)14-10(2)11(3)24-17(14)22-18/h5-8,12H,1-4H3,(H,20,23)(H2,19,21,22). The molecule has 3 N–H and O–H groups in total. The zero-order chi connectivity index (χ0) is 18.1. The van der Waals surface area contributed by atoms with Crippen LogP contribution in [-0.4, -0.2) is 21.1 Å². The van der Waals surface area contributed by atoms with Crippen LogP contribution in [0.5, 0.6) is 0 Å². The van der Waals surface area contributed by atoms with Gasteiger partial charge in [-0.3, -0.25) is 4.79 Å². The third kappa shape index (κ3) is 3.62. The van der Waals surface area contributed by atoms with Crippen LogP contribution in [0.3, 0.4) is 0 Å². The molecule has 1 amide bonds. The third-order valence-electron chi connectivity index (χ3n) is 4.09. The van der Waals surface area contributed by atoms with Crippen LogP contribution in [0.25, 0.3) is 10.2 Å². The maximum Gasteiger partial charge on any atom is 0.237 e. The maximum atomic E-state index is 12.5. The Morgan fingerprint density at radius 3 is 2.68 bits per heavy atom. The summed E-state index contributed by atoms with van der Waals surface area (Å²) in [4.78, 5) is 23.5. The first-order valence-electron chi connectivity index (χ1n) is 7.93. The van der Waals surface area contributed by atoms with Crippen LogP contribution in [0, 0.1) is 20.8 Å². The highest BCUT2D eigenvalue weighted by atomic mass is 32.2. The number of nitrogen functional groups attached to an aromatic ring is 1. The highest BCUT2D eigenvalue weighted by Gasteiger charge is 2.19. The molecule has 0 aliphatic heterocycles. The summed E-state index contributed by atoms with van der Waals surface area (Å²) in [6, 6.07) is 7.70. The Bertz CT molecular complexity index is 952. The van der Waals surface area contributed by atoms with Crippen LogP contribution < -0.4 is 11.1 Å². The summed E-state index contributed by atoms with van der Waals surface area (Å²) in [5, 5.41) is 4.06. The zero-order valence-electron chi connectivity index (χ0n) is 14.6. The summed E-state index contributed by atoms with van der Waals surface area (Å²) in [6.45, 7) is 7.88. The van der Waals surface area contributed by atoms with Gasteiger partial charge in [0.1, 0.15) is 10.6 Å². The van der Waals surface area contributed by atoms with Gasteiger partial charge in [0.15, 0.2) is 5.16 Å². The van der Waals surface area contributed by atoms with Gasteiger partial charge >= 0.3 is 0 Å². The molecule has 1 aromatic carbocycles. The second kappa shape index (κ2) is 7.01. The Balaban J connectivity index is 1.78. The van der Waals surface area contributed by atoms with Crippen LogP contribution in [-0.2, 0) is 4.79 Å². The van der Waals surface area contributed by atoms with Gasteiger partial charge in [0.05, 0.1) is 10.6 Å². The normalized spacial score (nSPS) is 12.3. The summed E-state index contributed by atoms with van der Waals surface area (Å²) in [7, 11) is 0. The highest BCUT2D eigenvalue weighted by Crippen LogP contribution is 2.34. The van der Waals surface area contributed by atoms with E-state index in [0.717, 1.165) is 27.0 Å². The quantitative estimate of drug-likeness (QED) is 0.527. The molecule has 0 saturated carbocycles. The molecule has 1 atom stereocenters. The second-order valence-corrected chi connectivity index (χ2v) is 8.43. The minimum absolute atomic E-state index is 0.0832. The van der Waals surface area contributed by atoms with E-state index in [2.05, 4.69) is 15.3 Å². The van der Waals surface area contributed by atoms with Gasteiger partial charge in [-0.05, 0) is 44.9 Å². The molecule has 0 aliphatic rings. The van der Waals surface area contributed by atoms with E-state index in [4.69, 9.17) is 5.73 Å². The molecular formula is C18H20N4OS2. The van der Waals surface area contributed by atoms with Gasteiger partial charge in [0.2, 0.25) is 5.91 Å². The van der Waals surface area contributed by atoms with Gasteiger partial charge in [0, 0.05) is 10.6 Å². The number of hydrogen-bond acceptors (Lipinski definition) is 6. The first-order chi connectivity index (χ1) is 11.9. The zero-order valence-corrected chi connectivity index (χ0v) is 16.2. The molecule has 3 rings (SSSR count). The van der Waals surface area contributed by atoms with Crippen molar-refractivity contribution >= 4 is 50.7 Å². The van der Waals surface area contributed by atoms with Crippen molar-refractivity contribution in [2.75, 3.05) is 11.1 Å². The topological polar surface area (TPSA) is 80.9 Å². The van der Waals surface area contributed by atoms with Crippen LogP contribution >= 0.6 is 23.1 Å². The van der Waals surface area contributed by atoms with E-state index < -0.39 is 0 Å². The number of thioether (sulfide) groups is 1. The van der Waals surface area contributed by atoms with E-state index in [1.165, 1.54) is 16.6 Å². The maximum absolute atomic E-state index is 12.5. The Kier molecular flexibility index (Phi) is 4.96. The summed E-state index contributed by atoms with van der Waals surface area (Å²) >= 11 is 2.92. The molecule has 5 nitrogen and oxygen atoms in total. The lowest BCUT2D eigenvalue weighted by Gasteiger charge is -2.13. The molecule has 0 saturated heterocycles. The molecule has 0 radical (unpaired) electrons. The number of thiophene rings is 1. The Morgan fingerprint density at radius 2 is 1.96 bits per heavy atom. The molecule has 3 aromatic rings. The van der Waals surface area contributed by atoms with E-state index in [0.29, 0.717) is 11.0 Å². The highest BCUT2D eigenvalue weighted by molar-refractivity contribution is 8.00. The number of aryl methyl sites for hydroxylation is 3. The van der Waals surface area contributed by atoms with Crippen molar-refractivity contribution in [3.63, 3.8) is 0 Å². The molecule has 2 aromatic heterocycles. The summed E-state index contributed by atoms with van der Waals surface area (Å²) in [5.74, 6) is 0.390. The third-order valence-corrected chi connectivity index (χ3v) is 6.15. The predicted molar refractivity (Wildman–Crippen MR) is 106 cm³/mol. The molecule has 0 aliphatic carbocycles. The monoisotopic (exact) mass is 372 g/mol. The second-order valence-electron chi connectivity index (χ2n) is 5.92. The lowest BCUT2D eigenvalue weighted by molar-refractivity contribution is -0.115. The fourth-order valence-corrected chi connectivity index (χ4v) is 4.34. The average Bonchev–Trinajstić information content (AvgIpc) is 2.84. The fourth-order valence-electron chi connectivity index (χ4n) is 2.47. The number of nitrogens with one attached hydrogen (secondary N) is 1. The van der Waals surface area contributed by atoms with Gasteiger partial charge < -0.3 is 11.1 Å². The Morgan fingerprint density at radius 1 is 1.24 bits per heavy atom. The van der Waals surface area contributed by atoms with Crippen molar-refractivity contribution in [3.8, 4) is 0 Å². The SMILES string of the molecule is Cc1ccccc1NC(=O)C(C)Sc1nc(N)c2c(C)c(C)sc2n1. The summed E-state index contributed by atoms with van der Waals surface area (Å²) in [5.41, 5.74) is 9.08. The molecule has 0 spiro atoms. The van der Waals surface area contributed by atoms with Crippen molar-refractivity contribution in [2.45, 2.75) is 38.1 Å². The molecule has 2 heterocycles. The average molecular weight is 373 g/mol. The number of para-hydroxylation sites is 1. The van der Waals surface area contributed by atoms with Gasteiger partial charge in [-0.25, -0.2) is 9.97 Å². The number of rotatable bonds is 4. The van der Waals surface area contributed by atoms with Crippen LogP contribution in [0.4, 0.5) is 11.5 Å². The number of amides is 1. The molecule has 1 unspecified atom stereocenters. The predicted octanol–water partition coefficient (Wildman–Crippen LogP) is 4.32. The number of aromatic nitrogens is 2. The van der Waals surface area contributed by atoms with Crippen LogP contribution in [0.2, 0.25) is 0 Å². The number of carbonyl (C=O) groups is 1. The molecule has 7 heteroatoms. The van der Waals surface area contributed by atoms with E-state index in [-0.39, 0.29) is 11.2 Å². The van der Waals surface area contributed by atoms with Crippen molar-refractivity contribution in [3.05, 3.63) is 40.3 Å². The Labute approximate surface area is 155 Å². The smallest absolute Gasteiger partial charge is 0.237 e. The molecular weight excluding hydrogens is 352 g/mol. The largest absolute Gasteiger partial charge is 0.383 e. The molecule has 0 bridgehead atoms. The number of hydrogen-bond donors (Lipinski definition) is 2. The molecule has 130 valence electrons. The lowest BCUT2D eigenvalue weighted by Crippen LogP contribution is -2.23. The minimum Gasteiger partial charge on any atom is -0.383 e. The number of fused-ring (bicyclic) bond motifs is 1. The van der Waals surface area contributed by atoms with Gasteiger partial charge in [-0.2, -0.15) is 0 Å². The number of benzene rings is 1. The van der Waals surface area contributed by atoms with E-state index in [1.54, 1.807) is 11.3 Å². The van der Waals surface area contributed by atoms with E-state index >= 15 is 0 Å². The number of carbonyl (C=O) groups excluding carboxylic acids is 1. The number of nitrogens with two attached hydrogens (primary N) is 1. The molecule has 0 fully saturated rings. The minimum atomic E-state index is -0.335. The van der Waals surface area contributed by atoms with Crippen molar-refractivity contribution in [2.24, 2.45) is 0 Å².